The number of nitrogens with zero attached hydrogens (tertiary/aromatic N) is 1. The van der Waals surface area contributed by atoms with Crippen molar-refractivity contribution in [1.29, 1.82) is 0 Å². The second-order valence-electron chi connectivity index (χ2n) is 13.3. The summed E-state index contributed by atoms with van der Waals surface area (Å²) in [4.78, 5) is 44.1. The van der Waals surface area contributed by atoms with E-state index in [9.17, 15) is 19.5 Å². The van der Waals surface area contributed by atoms with Crippen LogP contribution in [-0.4, -0.2) is 45.4 Å². The second-order valence-corrected chi connectivity index (χ2v) is 13.3. The second kappa shape index (κ2) is 10.6. The van der Waals surface area contributed by atoms with Crippen LogP contribution in [0.25, 0.3) is 0 Å². The maximum atomic E-state index is 14.3. The molecule has 2 amide bonds. The summed E-state index contributed by atoms with van der Waals surface area (Å²) < 4.78 is 6.65. The Labute approximate surface area is 242 Å². The van der Waals surface area contributed by atoms with Gasteiger partial charge < -0.3 is 20.1 Å². The van der Waals surface area contributed by atoms with E-state index < -0.39 is 23.5 Å². The fourth-order valence-corrected chi connectivity index (χ4v) is 8.43. The lowest BCUT2D eigenvalue weighted by Crippen LogP contribution is -2.53. The van der Waals surface area contributed by atoms with Crippen LogP contribution in [0, 0.1) is 43.4 Å². The molecule has 4 aliphatic rings. The number of anilines is 1. The number of aryl methyl sites for hydroxylation is 2. The molecule has 3 heterocycles. The quantitative estimate of drug-likeness (QED) is 0.464. The maximum Gasteiger partial charge on any atom is 0.250 e. The van der Waals surface area contributed by atoms with Gasteiger partial charge in [0.1, 0.15) is 23.2 Å². The zero-order valence-electron chi connectivity index (χ0n) is 24.6. The van der Waals surface area contributed by atoms with E-state index in [0.29, 0.717) is 42.7 Å². The number of Topliss-reactive ketones (excluding diaryl/α,β-unsaturated/α-hetero) is 1. The zero-order chi connectivity index (χ0) is 29.1. The molecule has 1 spiro atoms. The SMILES string of the molecule is Cc1cc(C)cc(NC(=O)C2N(Cc3ccc(O)cc3)C(=O)C3C(C(=O)CC4CCCC(C)C4C)C4CCC32O4)c1. The molecule has 0 radical (unpaired) electrons. The number of hydrogen-bond acceptors (Lipinski definition) is 5. The number of likely N-dealkylation sites (tertiary alicyclic amines) is 1. The number of aromatic hydroxyl groups is 1. The van der Waals surface area contributed by atoms with Gasteiger partial charge in [-0.25, -0.2) is 0 Å². The zero-order valence-corrected chi connectivity index (χ0v) is 24.6. The average molecular weight is 559 g/mol. The Kier molecular flexibility index (Phi) is 7.21. The molecule has 7 nitrogen and oxygen atoms in total. The number of carbonyl (C=O) groups is 3. The van der Waals surface area contributed by atoms with Crippen LogP contribution in [0.15, 0.2) is 42.5 Å². The van der Waals surface area contributed by atoms with E-state index in [2.05, 4.69) is 19.2 Å². The first-order chi connectivity index (χ1) is 19.6. The van der Waals surface area contributed by atoms with Crippen molar-refractivity contribution in [3.05, 3.63) is 59.2 Å². The molecule has 41 heavy (non-hydrogen) atoms. The third-order valence-corrected chi connectivity index (χ3v) is 10.5. The molecule has 8 atom stereocenters. The molecule has 2 aromatic carbocycles. The van der Waals surface area contributed by atoms with Gasteiger partial charge in [-0.05, 0) is 91.8 Å². The van der Waals surface area contributed by atoms with Gasteiger partial charge in [-0.2, -0.15) is 0 Å². The maximum absolute atomic E-state index is 14.3. The molecule has 3 aliphatic heterocycles. The molecule has 1 saturated carbocycles. The van der Waals surface area contributed by atoms with Crippen molar-refractivity contribution in [3.63, 3.8) is 0 Å². The molecular formula is C34H42N2O5. The number of amides is 2. The highest BCUT2D eigenvalue weighted by atomic mass is 16.5. The van der Waals surface area contributed by atoms with Crippen LogP contribution in [0.1, 0.15) is 69.1 Å². The molecule has 8 unspecified atom stereocenters. The van der Waals surface area contributed by atoms with Crippen LogP contribution in [0.5, 0.6) is 5.75 Å². The largest absolute Gasteiger partial charge is 0.508 e. The number of ether oxygens (including phenoxy) is 1. The minimum absolute atomic E-state index is 0.126. The van der Waals surface area contributed by atoms with Crippen LogP contribution in [0.2, 0.25) is 0 Å². The van der Waals surface area contributed by atoms with E-state index in [-0.39, 0.29) is 36.0 Å². The minimum atomic E-state index is -1.02. The third kappa shape index (κ3) is 4.86. The van der Waals surface area contributed by atoms with Crippen LogP contribution in [-0.2, 0) is 25.7 Å². The predicted molar refractivity (Wildman–Crippen MR) is 156 cm³/mol. The van der Waals surface area contributed by atoms with E-state index in [4.69, 9.17) is 4.74 Å². The topological polar surface area (TPSA) is 95.9 Å². The van der Waals surface area contributed by atoms with Gasteiger partial charge in [0.15, 0.2) is 0 Å². The number of nitrogens with one attached hydrogen (secondary N) is 1. The summed E-state index contributed by atoms with van der Waals surface area (Å²) in [5, 5.41) is 12.9. The highest BCUT2D eigenvalue weighted by Crippen LogP contribution is 2.59. The lowest BCUT2D eigenvalue weighted by Gasteiger charge is -2.35. The van der Waals surface area contributed by atoms with Gasteiger partial charge in [0, 0.05) is 18.7 Å². The van der Waals surface area contributed by atoms with Gasteiger partial charge in [-0.15, -0.1) is 0 Å². The minimum Gasteiger partial charge on any atom is -0.508 e. The van der Waals surface area contributed by atoms with Crippen LogP contribution in [0.4, 0.5) is 5.69 Å². The van der Waals surface area contributed by atoms with Crippen molar-refractivity contribution in [2.24, 2.45) is 29.6 Å². The van der Waals surface area contributed by atoms with Crippen molar-refractivity contribution >= 4 is 23.3 Å². The van der Waals surface area contributed by atoms with E-state index in [1.165, 1.54) is 6.42 Å². The van der Waals surface area contributed by atoms with Gasteiger partial charge in [0.05, 0.1) is 17.9 Å². The van der Waals surface area contributed by atoms with Crippen molar-refractivity contribution < 1.29 is 24.2 Å². The Morgan fingerprint density at radius 1 is 1.05 bits per heavy atom. The van der Waals surface area contributed by atoms with Gasteiger partial charge in [-0.3, -0.25) is 14.4 Å². The monoisotopic (exact) mass is 558 g/mol. The van der Waals surface area contributed by atoms with Crippen molar-refractivity contribution in [2.75, 3.05) is 5.32 Å². The first-order valence-electron chi connectivity index (χ1n) is 15.3. The van der Waals surface area contributed by atoms with Crippen LogP contribution in [0.3, 0.4) is 0 Å². The molecule has 2 bridgehead atoms. The fourth-order valence-electron chi connectivity index (χ4n) is 8.43. The number of ketones is 1. The molecular weight excluding hydrogens is 516 g/mol. The highest BCUT2D eigenvalue weighted by Gasteiger charge is 2.74. The first kappa shape index (κ1) is 28.0. The third-order valence-electron chi connectivity index (χ3n) is 10.5. The average Bonchev–Trinajstić information content (AvgIpc) is 3.55. The summed E-state index contributed by atoms with van der Waals surface area (Å²) in [5.41, 5.74) is 2.54. The summed E-state index contributed by atoms with van der Waals surface area (Å²) in [6.07, 6.45) is 4.81. The number of benzene rings is 2. The first-order valence-corrected chi connectivity index (χ1v) is 15.3. The van der Waals surface area contributed by atoms with Gasteiger partial charge >= 0.3 is 0 Å². The summed E-state index contributed by atoms with van der Waals surface area (Å²) in [6.45, 7) is 8.71. The number of phenols is 1. The van der Waals surface area contributed by atoms with Gasteiger partial charge in [0.25, 0.3) is 0 Å². The smallest absolute Gasteiger partial charge is 0.250 e. The van der Waals surface area contributed by atoms with Crippen molar-refractivity contribution in [1.82, 2.24) is 4.90 Å². The normalized spacial score (nSPS) is 34.1. The Morgan fingerprint density at radius 3 is 2.46 bits per heavy atom. The number of carbonyl (C=O) groups excluding carboxylic acids is 3. The van der Waals surface area contributed by atoms with E-state index in [1.807, 2.05) is 32.0 Å². The molecule has 0 aromatic heterocycles. The summed E-state index contributed by atoms with van der Waals surface area (Å²) in [7, 11) is 0. The van der Waals surface area contributed by atoms with E-state index in [1.54, 1.807) is 29.2 Å². The van der Waals surface area contributed by atoms with Crippen molar-refractivity contribution in [2.45, 2.75) is 90.5 Å². The van der Waals surface area contributed by atoms with Crippen LogP contribution < -0.4 is 5.32 Å². The van der Waals surface area contributed by atoms with E-state index in [0.717, 1.165) is 29.5 Å². The molecule has 2 N–H and O–H groups in total. The number of rotatable bonds is 7. The Bertz CT molecular complexity index is 1340. The molecule has 2 aromatic rings. The standard InChI is InChI=1S/C34H42N2O5/c1-19-14-20(2)16-25(15-19)35-32(39)31-34-13-12-28(41-34)29(27(38)17-24-7-5-6-21(3)22(24)4)30(34)33(40)36(31)18-23-8-10-26(37)11-9-23/h8-11,14-16,21-22,24,28-31,37H,5-7,12-13,17-18H2,1-4H3,(H,35,39). The molecule has 7 heteroatoms. The summed E-state index contributed by atoms with van der Waals surface area (Å²) in [5.74, 6) is 0.0334. The van der Waals surface area contributed by atoms with Gasteiger partial charge in [-0.1, -0.05) is 44.9 Å². The van der Waals surface area contributed by atoms with E-state index >= 15 is 0 Å². The van der Waals surface area contributed by atoms with Crippen molar-refractivity contribution in [3.8, 4) is 5.75 Å². The Balaban J connectivity index is 1.32. The molecule has 3 saturated heterocycles. The number of phenolic OH excluding ortho intramolecular Hbond substituents is 1. The lowest BCUT2D eigenvalue weighted by molar-refractivity contribution is -0.141. The molecule has 1 aliphatic carbocycles. The molecule has 4 fully saturated rings. The predicted octanol–water partition coefficient (Wildman–Crippen LogP) is 5.55. The highest BCUT2D eigenvalue weighted by molar-refractivity contribution is 6.03. The molecule has 6 rings (SSSR count). The Morgan fingerprint density at radius 2 is 1.76 bits per heavy atom. The molecule has 218 valence electrons. The Hall–Kier alpha value is -3.19. The summed E-state index contributed by atoms with van der Waals surface area (Å²) >= 11 is 0. The number of hydrogen-bond donors (Lipinski definition) is 2. The van der Waals surface area contributed by atoms with Crippen LogP contribution >= 0.6 is 0 Å². The lowest BCUT2D eigenvalue weighted by atomic mass is 9.66. The number of fused-ring (bicyclic) bond motifs is 1. The summed E-state index contributed by atoms with van der Waals surface area (Å²) in [6, 6.07) is 11.7. The van der Waals surface area contributed by atoms with Gasteiger partial charge in [0.2, 0.25) is 11.8 Å². The fraction of sp³-hybridized carbons (Fsp3) is 0.559.